The molecule has 1 fully saturated rings. The summed E-state index contributed by atoms with van der Waals surface area (Å²) < 4.78 is 12.6. The van der Waals surface area contributed by atoms with Crippen molar-refractivity contribution in [1.82, 2.24) is 9.88 Å². The second kappa shape index (κ2) is 6.87. The molecule has 0 spiro atoms. The minimum atomic E-state index is -2.13. The van der Waals surface area contributed by atoms with Crippen molar-refractivity contribution in [3.8, 4) is 5.75 Å². The Morgan fingerprint density at radius 1 is 1.35 bits per heavy atom. The van der Waals surface area contributed by atoms with E-state index in [-0.39, 0.29) is 12.1 Å². The number of aromatic nitrogens is 1. The molecule has 2 heterocycles. The fourth-order valence-electron chi connectivity index (χ4n) is 2.28. The SMILES string of the molecule is CC(C)(C)OC(=O)N1CCC1COc1cnc[c]([Sn]([CH3])([CH3])[CH3])c1. The van der Waals surface area contributed by atoms with Gasteiger partial charge >= 0.3 is 143 Å². The first-order valence-corrected chi connectivity index (χ1v) is 18.1. The second-order valence-electron chi connectivity index (χ2n) is 8.09. The standard InChI is InChI=1S/C14H19N2O3.3CH3.Sn/c1-14(2,3)19-13(17)16-8-6-11(16)10-18-12-5-4-7-15-9-12;;;;/h5,7,9,11H,6,8,10H2,1-3H3;3*1H3;. The van der Waals surface area contributed by atoms with E-state index in [0.29, 0.717) is 6.61 Å². The molecule has 0 radical (unpaired) electrons. The van der Waals surface area contributed by atoms with Gasteiger partial charge in [0.25, 0.3) is 0 Å². The number of hydrogen-bond acceptors (Lipinski definition) is 4. The number of ether oxygens (including phenoxy) is 2. The molecule has 2 rings (SSSR count). The van der Waals surface area contributed by atoms with Gasteiger partial charge in [-0.05, 0) is 0 Å². The molecule has 128 valence electrons. The zero-order chi connectivity index (χ0) is 17.3. The summed E-state index contributed by atoms with van der Waals surface area (Å²) in [5, 5.41) is 0. The van der Waals surface area contributed by atoms with E-state index in [4.69, 9.17) is 9.47 Å². The zero-order valence-electron chi connectivity index (χ0n) is 15.0. The number of rotatable bonds is 4. The van der Waals surface area contributed by atoms with E-state index in [1.54, 1.807) is 11.1 Å². The maximum atomic E-state index is 12.1. The topological polar surface area (TPSA) is 51.7 Å². The van der Waals surface area contributed by atoms with Gasteiger partial charge in [0.1, 0.15) is 0 Å². The molecule has 1 aliphatic heterocycles. The first kappa shape index (κ1) is 18.4. The Morgan fingerprint density at radius 2 is 2.04 bits per heavy atom. The first-order valence-electron chi connectivity index (χ1n) is 8.14. The third-order valence-electron chi connectivity index (χ3n) is 3.79. The molecule has 6 heteroatoms. The van der Waals surface area contributed by atoms with Crippen molar-refractivity contribution in [3.05, 3.63) is 18.5 Å². The van der Waals surface area contributed by atoms with Crippen molar-refractivity contribution in [2.45, 2.75) is 53.7 Å². The van der Waals surface area contributed by atoms with Gasteiger partial charge in [0.15, 0.2) is 0 Å². The summed E-state index contributed by atoms with van der Waals surface area (Å²) in [6.07, 6.45) is 4.40. The van der Waals surface area contributed by atoms with E-state index in [1.807, 2.05) is 27.0 Å². The molecule has 5 nitrogen and oxygen atoms in total. The van der Waals surface area contributed by atoms with Crippen LogP contribution in [-0.4, -0.2) is 59.1 Å². The van der Waals surface area contributed by atoms with Crippen molar-refractivity contribution in [3.63, 3.8) is 0 Å². The molecule has 0 saturated carbocycles. The Hall–Kier alpha value is -0.981. The predicted octanol–water partition coefficient (Wildman–Crippen LogP) is 3.02. The van der Waals surface area contributed by atoms with Gasteiger partial charge in [-0.15, -0.1) is 0 Å². The minimum absolute atomic E-state index is 0.0895. The summed E-state index contributed by atoms with van der Waals surface area (Å²) in [6.45, 7) is 6.87. The van der Waals surface area contributed by atoms with Gasteiger partial charge in [0, 0.05) is 0 Å². The summed E-state index contributed by atoms with van der Waals surface area (Å²) in [6, 6.07) is 2.20. The Morgan fingerprint density at radius 3 is 2.57 bits per heavy atom. The van der Waals surface area contributed by atoms with Crippen molar-refractivity contribution in [2.75, 3.05) is 13.2 Å². The van der Waals surface area contributed by atoms with Crippen LogP contribution in [-0.2, 0) is 4.74 Å². The zero-order valence-corrected chi connectivity index (χ0v) is 17.9. The maximum absolute atomic E-state index is 12.1. The van der Waals surface area contributed by atoms with Crippen LogP contribution < -0.4 is 8.32 Å². The second-order valence-corrected chi connectivity index (χ2v) is 22.6. The monoisotopic (exact) mass is 428 g/mol. The van der Waals surface area contributed by atoms with Crippen LogP contribution in [0.25, 0.3) is 0 Å². The fourth-order valence-corrected chi connectivity index (χ4v) is 5.24. The van der Waals surface area contributed by atoms with E-state index in [9.17, 15) is 4.79 Å². The first-order chi connectivity index (χ1) is 10.6. The molecule has 0 aromatic carbocycles. The van der Waals surface area contributed by atoms with Crippen molar-refractivity contribution in [1.29, 1.82) is 0 Å². The molecular formula is C17H28N2O3Sn. The van der Waals surface area contributed by atoms with Crippen LogP contribution in [0, 0.1) is 0 Å². The van der Waals surface area contributed by atoms with Gasteiger partial charge in [0.05, 0.1) is 0 Å². The molecule has 1 saturated heterocycles. The van der Waals surface area contributed by atoms with Gasteiger partial charge in [-0.3, -0.25) is 0 Å². The number of carbonyl (C=O) groups excluding carboxylic acids is 1. The summed E-state index contributed by atoms with van der Waals surface area (Å²) in [5.74, 6) is 0.796. The molecule has 1 atom stereocenters. The quantitative estimate of drug-likeness (QED) is 0.694. The Balaban J connectivity index is 1.90. The van der Waals surface area contributed by atoms with Crippen LogP contribution in [0.5, 0.6) is 5.75 Å². The molecule has 0 N–H and O–H groups in total. The van der Waals surface area contributed by atoms with Gasteiger partial charge in [-0.25, -0.2) is 0 Å². The van der Waals surface area contributed by atoms with Gasteiger partial charge in [0.2, 0.25) is 0 Å². The summed E-state index contributed by atoms with van der Waals surface area (Å²) in [5.41, 5.74) is -0.462. The van der Waals surface area contributed by atoms with E-state index in [0.717, 1.165) is 18.7 Å². The molecule has 1 unspecified atom stereocenters. The molecule has 1 aliphatic rings. The van der Waals surface area contributed by atoms with Gasteiger partial charge in [-0.1, -0.05) is 0 Å². The van der Waals surface area contributed by atoms with Crippen LogP contribution in [0.15, 0.2) is 18.5 Å². The van der Waals surface area contributed by atoms with Crippen molar-refractivity contribution in [2.24, 2.45) is 0 Å². The van der Waals surface area contributed by atoms with E-state index in [1.165, 1.54) is 3.58 Å². The Kier molecular flexibility index (Phi) is 5.48. The average Bonchev–Trinajstić information content (AvgIpc) is 2.34. The molecule has 0 aliphatic carbocycles. The Labute approximate surface area is 143 Å². The summed E-state index contributed by atoms with van der Waals surface area (Å²) in [4.78, 5) is 25.2. The fraction of sp³-hybridized carbons (Fsp3) is 0.647. The average molecular weight is 427 g/mol. The summed E-state index contributed by atoms with van der Waals surface area (Å²) >= 11 is -2.13. The van der Waals surface area contributed by atoms with Crippen LogP contribution in [0.1, 0.15) is 27.2 Å². The van der Waals surface area contributed by atoms with Crippen LogP contribution in [0.4, 0.5) is 4.79 Å². The van der Waals surface area contributed by atoms with Crippen molar-refractivity contribution >= 4 is 28.0 Å². The molecule has 1 aromatic rings. The van der Waals surface area contributed by atoms with Gasteiger partial charge < -0.3 is 0 Å². The van der Waals surface area contributed by atoms with Gasteiger partial charge in [-0.2, -0.15) is 0 Å². The van der Waals surface area contributed by atoms with Crippen molar-refractivity contribution < 1.29 is 14.3 Å². The molecule has 1 aromatic heterocycles. The predicted molar refractivity (Wildman–Crippen MR) is 94.1 cm³/mol. The molecule has 1 amide bonds. The Bertz CT molecular complexity index is 564. The van der Waals surface area contributed by atoms with Crippen LogP contribution in [0.2, 0.25) is 14.8 Å². The molecule has 0 bridgehead atoms. The number of likely N-dealkylation sites (tertiary alicyclic amines) is 1. The van der Waals surface area contributed by atoms with E-state index >= 15 is 0 Å². The summed E-state index contributed by atoms with van der Waals surface area (Å²) in [7, 11) is 0. The van der Waals surface area contributed by atoms with Crippen LogP contribution >= 0.6 is 0 Å². The van der Waals surface area contributed by atoms with E-state index < -0.39 is 24.0 Å². The van der Waals surface area contributed by atoms with E-state index in [2.05, 4.69) is 25.9 Å². The molecule has 23 heavy (non-hydrogen) atoms. The number of nitrogens with zero attached hydrogens (tertiary/aromatic N) is 2. The molecular weight excluding hydrogens is 399 g/mol. The third-order valence-corrected chi connectivity index (χ3v) is 9.52. The number of carbonyl (C=O) groups is 1. The number of hydrogen-bond donors (Lipinski definition) is 0. The van der Waals surface area contributed by atoms with Crippen LogP contribution in [0.3, 0.4) is 0 Å². The third kappa shape index (κ3) is 5.26. The number of amides is 1. The normalized spacial score (nSPS) is 18.3. The number of pyridine rings is 1.